The summed E-state index contributed by atoms with van der Waals surface area (Å²) in [6, 6.07) is 4.85. The molecule has 11 heteroatoms. The highest BCUT2D eigenvalue weighted by Crippen LogP contribution is 2.18. The van der Waals surface area contributed by atoms with E-state index in [0.717, 1.165) is 6.20 Å². The van der Waals surface area contributed by atoms with Crippen LogP contribution in [0.1, 0.15) is 17.3 Å². The van der Waals surface area contributed by atoms with Gasteiger partial charge in [-0.3, -0.25) is 14.9 Å². The molecule has 1 aromatic rings. The number of benzene rings is 1. The van der Waals surface area contributed by atoms with E-state index in [-0.39, 0.29) is 17.3 Å². The maximum absolute atomic E-state index is 12.1. The maximum atomic E-state index is 12.1. The van der Waals surface area contributed by atoms with E-state index in [0.29, 0.717) is 6.54 Å². The summed E-state index contributed by atoms with van der Waals surface area (Å²) in [7, 11) is 0. The summed E-state index contributed by atoms with van der Waals surface area (Å²) in [5.41, 5.74) is -0.0368. The van der Waals surface area contributed by atoms with E-state index in [1.165, 1.54) is 24.3 Å². The Morgan fingerprint density at radius 1 is 1.15 bits per heavy atom. The average Bonchev–Trinajstić information content (AvgIpc) is 2.59. The summed E-state index contributed by atoms with van der Waals surface area (Å²) >= 11 is 0. The van der Waals surface area contributed by atoms with Gasteiger partial charge in [0, 0.05) is 18.8 Å². The first-order valence-corrected chi connectivity index (χ1v) is 7.53. The highest BCUT2D eigenvalue weighted by Gasteiger charge is 2.36. The molecule has 0 unspecified atom stereocenters. The molecule has 8 nitrogen and oxygen atoms in total. The number of urea groups is 1. The minimum Gasteiger partial charge on any atom is -0.452 e. The molecule has 0 aliphatic heterocycles. The van der Waals surface area contributed by atoms with Gasteiger partial charge in [0.25, 0.3) is 11.7 Å². The van der Waals surface area contributed by atoms with Crippen molar-refractivity contribution in [2.75, 3.05) is 18.5 Å². The lowest BCUT2D eigenvalue weighted by Crippen LogP contribution is -2.41. The number of anilines is 1. The molecule has 0 fully saturated rings. The first kappa shape index (κ1) is 21.7. The first-order valence-electron chi connectivity index (χ1n) is 7.53. The van der Waals surface area contributed by atoms with E-state index in [1.54, 1.807) is 6.92 Å². The highest BCUT2D eigenvalue weighted by atomic mass is 19.4. The number of carbonyl (C=O) groups is 4. The molecule has 3 N–H and O–H groups in total. The van der Waals surface area contributed by atoms with E-state index >= 15 is 0 Å². The minimum atomic E-state index is -5.01. The maximum Gasteiger partial charge on any atom is 0.454 e. The fraction of sp³-hybridized carbons (Fsp3) is 0.250. The fourth-order valence-corrected chi connectivity index (χ4v) is 1.66. The molecule has 27 heavy (non-hydrogen) atoms. The molecule has 3 amide bonds. The van der Waals surface area contributed by atoms with Gasteiger partial charge in [-0.05, 0) is 19.1 Å². The van der Waals surface area contributed by atoms with E-state index in [1.807, 2.05) is 5.32 Å². The molecular weight excluding hydrogens is 371 g/mol. The summed E-state index contributed by atoms with van der Waals surface area (Å²) in [6.07, 6.45) is -4.01. The van der Waals surface area contributed by atoms with Crippen molar-refractivity contribution in [2.24, 2.45) is 0 Å². The lowest BCUT2D eigenvalue weighted by atomic mass is 10.2. The number of hydrogen-bond acceptors (Lipinski definition) is 6. The summed E-state index contributed by atoms with van der Waals surface area (Å²) in [5.74, 6) is -3.90. The summed E-state index contributed by atoms with van der Waals surface area (Å²) in [4.78, 5) is 45.4. The topological polar surface area (TPSA) is 114 Å². The summed E-state index contributed by atoms with van der Waals surface area (Å²) in [6.45, 7) is 1.19. The number of ether oxygens (including phenoxy) is 1. The zero-order chi connectivity index (χ0) is 20.4. The Bertz CT molecular complexity index is 747. The van der Waals surface area contributed by atoms with E-state index in [9.17, 15) is 32.3 Å². The Balaban J connectivity index is 2.68. The SMILES string of the molecule is CCNC(=O)NC(=O)COC(=O)c1ccccc1NC=CC(=O)C(F)(F)F. The number of carbonyl (C=O) groups excluding carboxylic acids is 4. The first-order chi connectivity index (χ1) is 12.6. The van der Waals surface area contributed by atoms with Crippen molar-refractivity contribution < 1.29 is 37.1 Å². The number of alkyl halides is 3. The Hall–Kier alpha value is -3.37. The van der Waals surface area contributed by atoms with E-state index in [2.05, 4.69) is 10.6 Å². The van der Waals surface area contributed by atoms with Gasteiger partial charge in [-0.1, -0.05) is 12.1 Å². The number of nitrogens with one attached hydrogen (secondary N) is 3. The van der Waals surface area contributed by atoms with Gasteiger partial charge in [-0.15, -0.1) is 0 Å². The van der Waals surface area contributed by atoms with Crippen molar-refractivity contribution >= 4 is 29.4 Å². The Labute approximate surface area is 151 Å². The number of halogens is 3. The van der Waals surface area contributed by atoms with Crippen LogP contribution >= 0.6 is 0 Å². The lowest BCUT2D eigenvalue weighted by molar-refractivity contribution is -0.165. The average molecular weight is 387 g/mol. The van der Waals surface area contributed by atoms with Gasteiger partial charge in [-0.25, -0.2) is 9.59 Å². The number of allylic oxidation sites excluding steroid dienone is 1. The fourth-order valence-electron chi connectivity index (χ4n) is 1.66. The molecule has 0 aliphatic carbocycles. The van der Waals surface area contributed by atoms with Crippen molar-refractivity contribution in [2.45, 2.75) is 13.1 Å². The van der Waals surface area contributed by atoms with Crippen molar-refractivity contribution in [3.63, 3.8) is 0 Å². The molecule has 1 aromatic carbocycles. The molecule has 0 saturated heterocycles. The van der Waals surface area contributed by atoms with Crippen molar-refractivity contribution in [3.8, 4) is 0 Å². The molecule has 146 valence electrons. The van der Waals surface area contributed by atoms with Crippen LogP contribution in [-0.4, -0.2) is 43.0 Å². The normalized spacial score (nSPS) is 11.0. The largest absolute Gasteiger partial charge is 0.454 e. The summed E-state index contributed by atoms with van der Waals surface area (Å²) in [5, 5.41) is 6.60. The molecule has 0 saturated carbocycles. The van der Waals surface area contributed by atoms with Gasteiger partial charge in [0.05, 0.1) is 11.3 Å². The van der Waals surface area contributed by atoms with Crippen LogP contribution in [0.2, 0.25) is 0 Å². The van der Waals surface area contributed by atoms with Crippen LogP contribution in [0, 0.1) is 0 Å². The number of ketones is 1. The second-order valence-corrected chi connectivity index (χ2v) is 4.87. The van der Waals surface area contributed by atoms with Crippen LogP contribution in [-0.2, 0) is 14.3 Å². The molecule has 0 spiro atoms. The van der Waals surface area contributed by atoms with E-state index in [4.69, 9.17) is 4.74 Å². The van der Waals surface area contributed by atoms with Gasteiger partial charge < -0.3 is 15.4 Å². The smallest absolute Gasteiger partial charge is 0.452 e. The molecular formula is C16H16F3N3O5. The second kappa shape index (κ2) is 9.94. The van der Waals surface area contributed by atoms with Crippen LogP contribution in [0.25, 0.3) is 0 Å². The van der Waals surface area contributed by atoms with Gasteiger partial charge in [0.2, 0.25) is 0 Å². The lowest BCUT2D eigenvalue weighted by Gasteiger charge is -2.09. The zero-order valence-electron chi connectivity index (χ0n) is 14.1. The predicted octanol–water partition coefficient (Wildman–Crippen LogP) is 1.75. The van der Waals surface area contributed by atoms with Gasteiger partial charge in [0.1, 0.15) is 0 Å². The number of amides is 3. The molecule has 0 aliphatic rings. The van der Waals surface area contributed by atoms with Crippen LogP contribution in [0.5, 0.6) is 0 Å². The zero-order valence-corrected chi connectivity index (χ0v) is 14.1. The van der Waals surface area contributed by atoms with Crippen LogP contribution in [0.15, 0.2) is 36.5 Å². The third-order valence-electron chi connectivity index (χ3n) is 2.82. The quantitative estimate of drug-likeness (QED) is 0.485. The molecule has 0 heterocycles. The third-order valence-corrected chi connectivity index (χ3v) is 2.82. The number of para-hydroxylation sites is 1. The molecule has 0 aromatic heterocycles. The van der Waals surface area contributed by atoms with Crippen LogP contribution in [0.4, 0.5) is 23.7 Å². The van der Waals surface area contributed by atoms with Crippen LogP contribution in [0.3, 0.4) is 0 Å². The Kier molecular flexibility index (Phi) is 7.98. The van der Waals surface area contributed by atoms with Gasteiger partial charge in [-0.2, -0.15) is 13.2 Å². The number of imide groups is 1. The molecule has 1 rings (SSSR count). The molecule has 0 bridgehead atoms. The Morgan fingerprint density at radius 3 is 2.44 bits per heavy atom. The number of rotatable bonds is 7. The molecule has 0 atom stereocenters. The second-order valence-electron chi connectivity index (χ2n) is 4.87. The number of esters is 1. The standard InChI is InChI=1S/C16H16F3N3O5/c1-2-20-15(26)22-13(24)9-27-14(25)10-5-3-4-6-11(10)21-8-7-12(23)16(17,18)19/h3-8,21H,2,9H2,1H3,(H2,20,22,24,26). The Morgan fingerprint density at radius 2 is 1.81 bits per heavy atom. The molecule has 0 radical (unpaired) electrons. The van der Waals surface area contributed by atoms with Crippen LogP contribution < -0.4 is 16.0 Å². The monoisotopic (exact) mass is 387 g/mol. The number of hydrogen-bond donors (Lipinski definition) is 3. The van der Waals surface area contributed by atoms with Crippen molar-refractivity contribution in [1.82, 2.24) is 10.6 Å². The third kappa shape index (κ3) is 7.59. The minimum absolute atomic E-state index is 0.0536. The van der Waals surface area contributed by atoms with Crippen molar-refractivity contribution in [3.05, 3.63) is 42.1 Å². The highest BCUT2D eigenvalue weighted by molar-refractivity contribution is 5.99. The van der Waals surface area contributed by atoms with Gasteiger partial charge in [0.15, 0.2) is 6.61 Å². The van der Waals surface area contributed by atoms with E-state index < -0.39 is 36.5 Å². The summed E-state index contributed by atoms with van der Waals surface area (Å²) < 4.78 is 41.1. The van der Waals surface area contributed by atoms with Gasteiger partial charge >= 0.3 is 18.2 Å². The van der Waals surface area contributed by atoms with Crippen molar-refractivity contribution in [1.29, 1.82) is 0 Å². The predicted molar refractivity (Wildman–Crippen MR) is 87.8 cm³/mol.